The standard InChI is InChI=1S/C12H23N3O4/c1-9(8-11(17)18)7-10(16)14-12(19)13-5-4-6-15(2)3/h9H,4-8H2,1-3H3,(H,17,18)(H2,13,14,16,19). The second-order valence-electron chi connectivity index (χ2n) is 4.87. The van der Waals surface area contributed by atoms with Gasteiger partial charge in [-0.25, -0.2) is 4.79 Å². The fourth-order valence-corrected chi connectivity index (χ4v) is 1.51. The van der Waals surface area contributed by atoms with Gasteiger partial charge in [-0.1, -0.05) is 6.92 Å². The number of amides is 3. The van der Waals surface area contributed by atoms with Gasteiger partial charge in [0.2, 0.25) is 5.91 Å². The van der Waals surface area contributed by atoms with Crippen molar-refractivity contribution < 1.29 is 19.5 Å². The first-order valence-corrected chi connectivity index (χ1v) is 6.25. The molecule has 3 amide bonds. The van der Waals surface area contributed by atoms with E-state index < -0.39 is 17.9 Å². The molecule has 0 rings (SSSR count). The number of imide groups is 1. The summed E-state index contributed by atoms with van der Waals surface area (Å²) >= 11 is 0. The summed E-state index contributed by atoms with van der Waals surface area (Å²) in [6.45, 7) is 2.99. The second kappa shape index (κ2) is 9.32. The van der Waals surface area contributed by atoms with Crippen molar-refractivity contribution in [2.24, 2.45) is 5.92 Å². The molecule has 0 heterocycles. The van der Waals surface area contributed by atoms with Crippen LogP contribution >= 0.6 is 0 Å². The minimum atomic E-state index is -0.951. The Morgan fingerprint density at radius 2 is 1.84 bits per heavy atom. The molecule has 0 aromatic carbocycles. The number of carboxylic acids is 1. The lowest BCUT2D eigenvalue weighted by Gasteiger charge is -2.11. The van der Waals surface area contributed by atoms with Crippen LogP contribution in [0.25, 0.3) is 0 Å². The first kappa shape index (κ1) is 17.4. The van der Waals surface area contributed by atoms with Crippen molar-refractivity contribution in [3.05, 3.63) is 0 Å². The Hall–Kier alpha value is -1.63. The highest BCUT2D eigenvalue weighted by molar-refractivity contribution is 5.94. The average Bonchev–Trinajstić information content (AvgIpc) is 2.22. The lowest BCUT2D eigenvalue weighted by atomic mass is 10.0. The average molecular weight is 273 g/mol. The second-order valence-corrected chi connectivity index (χ2v) is 4.87. The van der Waals surface area contributed by atoms with E-state index in [0.29, 0.717) is 6.54 Å². The fourth-order valence-electron chi connectivity index (χ4n) is 1.51. The van der Waals surface area contributed by atoms with E-state index >= 15 is 0 Å². The number of rotatable bonds is 8. The number of carbonyl (C=O) groups is 3. The number of hydrogen-bond donors (Lipinski definition) is 3. The number of aliphatic carboxylic acids is 1. The minimum absolute atomic E-state index is 0.0252. The number of hydrogen-bond acceptors (Lipinski definition) is 4. The van der Waals surface area contributed by atoms with Gasteiger partial charge in [-0.2, -0.15) is 0 Å². The van der Waals surface area contributed by atoms with E-state index in [9.17, 15) is 14.4 Å². The fraction of sp³-hybridized carbons (Fsp3) is 0.750. The number of urea groups is 1. The van der Waals surface area contributed by atoms with Gasteiger partial charge in [0.05, 0.1) is 0 Å². The molecule has 0 aromatic heterocycles. The van der Waals surface area contributed by atoms with Crippen molar-refractivity contribution in [2.75, 3.05) is 27.2 Å². The third-order valence-electron chi connectivity index (χ3n) is 2.38. The summed E-state index contributed by atoms with van der Waals surface area (Å²) < 4.78 is 0. The van der Waals surface area contributed by atoms with Crippen LogP contribution in [0.1, 0.15) is 26.2 Å². The van der Waals surface area contributed by atoms with Crippen molar-refractivity contribution in [2.45, 2.75) is 26.2 Å². The molecule has 7 nitrogen and oxygen atoms in total. The van der Waals surface area contributed by atoms with E-state index in [1.54, 1.807) is 6.92 Å². The highest BCUT2D eigenvalue weighted by atomic mass is 16.4. The van der Waals surface area contributed by atoms with Gasteiger partial charge in [-0.15, -0.1) is 0 Å². The van der Waals surface area contributed by atoms with E-state index in [2.05, 4.69) is 10.6 Å². The maximum absolute atomic E-state index is 11.4. The van der Waals surface area contributed by atoms with E-state index in [1.807, 2.05) is 19.0 Å². The third-order valence-corrected chi connectivity index (χ3v) is 2.38. The van der Waals surface area contributed by atoms with Crippen molar-refractivity contribution in [3.8, 4) is 0 Å². The number of carbonyl (C=O) groups excluding carboxylic acids is 2. The van der Waals surface area contributed by atoms with E-state index in [-0.39, 0.29) is 18.8 Å². The van der Waals surface area contributed by atoms with Crippen molar-refractivity contribution in [1.82, 2.24) is 15.5 Å². The number of nitrogens with zero attached hydrogens (tertiary/aromatic N) is 1. The molecule has 0 aromatic rings. The number of carboxylic acid groups (broad SMARTS) is 1. The smallest absolute Gasteiger partial charge is 0.321 e. The normalized spacial score (nSPS) is 12.0. The topological polar surface area (TPSA) is 98.7 Å². The van der Waals surface area contributed by atoms with E-state index in [1.165, 1.54) is 0 Å². The first-order chi connectivity index (χ1) is 8.81. The lowest BCUT2D eigenvalue weighted by Crippen LogP contribution is -2.40. The molecule has 0 fully saturated rings. The Labute approximate surface area is 113 Å². The van der Waals surface area contributed by atoms with Crippen molar-refractivity contribution in [1.29, 1.82) is 0 Å². The predicted molar refractivity (Wildman–Crippen MR) is 70.7 cm³/mol. The van der Waals surface area contributed by atoms with Crippen LogP contribution in [0.2, 0.25) is 0 Å². The molecule has 0 bridgehead atoms. The molecule has 0 aliphatic heterocycles. The Kier molecular flexibility index (Phi) is 8.52. The lowest BCUT2D eigenvalue weighted by molar-refractivity contribution is -0.138. The molecule has 0 aliphatic rings. The van der Waals surface area contributed by atoms with Gasteiger partial charge < -0.3 is 15.3 Å². The Bertz CT molecular complexity index is 318. The van der Waals surface area contributed by atoms with Crippen LogP contribution in [0.5, 0.6) is 0 Å². The molecular formula is C12H23N3O4. The summed E-state index contributed by atoms with van der Waals surface area (Å²) in [5, 5.41) is 13.3. The summed E-state index contributed by atoms with van der Waals surface area (Å²) in [7, 11) is 3.88. The van der Waals surface area contributed by atoms with Crippen LogP contribution in [-0.2, 0) is 9.59 Å². The van der Waals surface area contributed by atoms with Gasteiger partial charge in [-0.3, -0.25) is 14.9 Å². The highest BCUT2D eigenvalue weighted by Crippen LogP contribution is 2.06. The molecule has 0 saturated carbocycles. The molecule has 19 heavy (non-hydrogen) atoms. The monoisotopic (exact) mass is 273 g/mol. The van der Waals surface area contributed by atoms with Gasteiger partial charge in [0.25, 0.3) is 0 Å². The molecule has 0 saturated heterocycles. The molecule has 3 N–H and O–H groups in total. The Morgan fingerprint density at radius 1 is 1.21 bits per heavy atom. The molecule has 0 spiro atoms. The predicted octanol–water partition coefficient (Wildman–Crippen LogP) is 0.265. The van der Waals surface area contributed by atoms with Crippen LogP contribution in [0.15, 0.2) is 0 Å². The van der Waals surface area contributed by atoms with Crippen LogP contribution in [0.3, 0.4) is 0 Å². The summed E-state index contributed by atoms with van der Waals surface area (Å²) in [4.78, 5) is 35.2. The molecular weight excluding hydrogens is 250 g/mol. The molecule has 7 heteroatoms. The first-order valence-electron chi connectivity index (χ1n) is 6.25. The van der Waals surface area contributed by atoms with Crippen molar-refractivity contribution >= 4 is 17.9 Å². The third kappa shape index (κ3) is 11.2. The number of nitrogens with one attached hydrogen (secondary N) is 2. The van der Waals surface area contributed by atoms with Crippen LogP contribution < -0.4 is 10.6 Å². The molecule has 1 atom stereocenters. The Morgan fingerprint density at radius 3 is 2.37 bits per heavy atom. The van der Waals surface area contributed by atoms with Gasteiger partial charge in [-0.05, 0) is 33.0 Å². The minimum Gasteiger partial charge on any atom is -0.481 e. The summed E-state index contributed by atoms with van der Waals surface area (Å²) in [6.07, 6.45) is 0.735. The highest BCUT2D eigenvalue weighted by Gasteiger charge is 2.14. The van der Waals surface area contributed by atoms with Crippen LogP contribution in [0, 0.1) is 5.92 Å². The van der Waals surface area contributed by atoms with Crippen molar-refractivity contribution in [3.63, 3.8) is 0 Å². The quantitative estimate of drug-likeness (QED) is 0.551. The largest absolute Gasteiger partial charge is 0.481 e. The molecule has 1 unspecified atom stereocenters. The maximum atomic E-state index is 11.4. The zero-order valence-electron chi connectivity index (χ0n) is 11.7. The van der Waals surface area contributed by atoms with E-state index in [4.69, 9.17) is 5.11 Å². The maximum Gasteiger partial charge on any atom is 0.321 e. The van der Waals surface area contributed by atoms with Gasteiger partial charge in [0.1, 0.15) is 0 Å². The van der Waals surface area contributed by atoms with Crippen LogP contribution in [-0.4, -0.2) is 55.1 Å². The molecule has 0 radical (unpaired) electrons. The zero-order valence-corrected chi connectivity index (χ0v) is 11.7. The van der Waals surface area contributed by atoms with Gasteiger partial charge in [0, 0.05) is 19.4 Å². The zero-order chi connectivity index (χ0) is 14.8. The van der Waals surface area contributed by atoms with E-state index in [0.717, 1.165) is 13.0 Å². The van der Waals surface area contributed by atoms with Crippen LogP contribution in [0.4, 0.5) is 4.79 Å². The molecule has 110 valence electrons. The summed E-state index contributed by atoms with van der Waals surface area (Å²) in [5.41, 5.74) is 0. The van der Waals surface area contributed by atoms with Gasteiger partial charge >= 0.3 is 12.0 Å². The molecule has 0 aliphatic carbocycles. The SMILES string of the molecule is CC(CC(=O)O)CC(=O)NC(=O)NCCCN(C)C. The Balaban J connectivity index is 3.74. The summed E-state index contributed by atoms with van der Waals surface area (Å²) in [5.74, 6) is -1.70. The summed E-state index contributed by atoms with van der Waals surface area (Å²) in [6, 6.07) is -0.536. The van der Waals surface area contributed by atoms with Gasteiger partial charge in [0.15, 0.2) is 0 Å².